The van der Waals surface area contributed by atoms with Crippen LogP contribution in [0.5, 0.6) is 0 Å². The molecular formula is C17H21N5O. The Kier molecular flexibility index (Phi) is 3.63. The lowest BCUT2D eigenvalue weighted by atomic mass is 9.92. The molecule has 0 unspecified atom stereocenters. The summed E-state index contributed by atoms with van der Waals surface area (Å²) in [5, 5.41) is 14.0. The molecule has 0 aromatic carbocycles. The van der Waals surface area contributed by atoms with E-state index in [1.807, 2.05) is 36.4 Å². The first-order chi connectivity index (χ1) is 11.2. The van der Waals surface area contributed by atoms with E-state index < -0.39 is 0 Å². The summed E-state index contributed by atoms with van der Waals surface area (Å²) in [7, 11) is 1.93. The van der Waals surface area contributed by atoms with Crippen molar-refractivity contribution in [2.75, 3.05) is 19.7 Å². The normalized spacial score (nSPS) is 22.2. The molecule has 3 aromatic rings. The van der Waals surface area contributed by atoms with Crippen molar-refractivity contribution in [3.05, 3.63) is 54.2 Å². The highest BCUT2D eigenvalue weighted by Gasteiger charge is 2.34. The summed E-state index contributed by atoms with van der Waals surface area (Å²) in [6.07, 6.45) is 7.82. The van der Waals surface area contributed by atoms with Crippen molar-refractivity contribution < 1.29 is 5.11 Å². The van der Waals surface area contributed by atoms with Crippen LogP contribution in [0.1, 0.15) is 17.2 Å². The Bertz CT molecular complexity index is 808. The average Bonchev–Trinajstić information content (AvgIpc) is 3.26. The fourth-order valence-corrected chi connectivity index (χ4v) is 3.65. The zero-order valence-corrected chi connectivity index (χ0v) is 13.2. The van der Waals surface area contributed by atoms with Crippen LogP contribution in [0.25, 0.3) is 5.65 Å². The summed E-state index contributed by atoms with van der Waals surface area (Å²) >= 11 is 0. The van der Waals surface area contributed by atoms with Gasteiger partial charge in [-0.15, -0.1) is 0 Å². The van der Waals surface area contributed by atoms with E-state index in [0.717, 1.165) is 25.3 Å². The topological polar surface area (TPSA) is 58.6 Å². The number of hydrogen-bond donors (Lipinski definition) is 1. The van der Waals surface area contributed by atoms with Gasteiger partial charge in [0.15, 0.2) is 0 Å². The average molecular weight is 311 g/mol. The maximum absolute atomic E-state index is 9.76. The van der Waals surface area contributed by atoms with E-state index in [2.05, 4.69) is 37.7 Å². The van der Waals surface area contributed by atoms with E-state index in [-0.39, 0.29) is 12.5 Å². The van der Waals surface area contributed by atoms with Gasteiger partial charge in [-0.2, -0.15) is 5.10 Å². The molecule has 1 aliphatic rings. The Morgan fingerprint density at radius 3 is 3.00 bits per heavy atom. The molecule has 0 spiro atoms. The van der Waals surface area contributed by atoms with Gasteiger partial charge in [0.25, 0.3) is 0 Å². The second kappa shape index (κ2) is 5.79. The van der Waals surface area contributed by atoms with E-state index in [1.165, 1.54) is 11.3 Å². The summed E-state index contributed by atoms with van der Waals surface area (Å²) in [6, 6.07) is 6.21. The molecule has 1 saturated heterocycles. The number of aliphatic hydroxyl groups is 1. The number of nitrogens with zero attached hydrogens (tertiary/aromatic N) is 5. The third-order valence-electron chi connectivity index (χ3n) is 4.80. The van der Waals surface area contributed by atoms with Gasteiger partial charge in [-0.3, -0.25) is 9.58 Å². The van der Waals surface area contributed by atoms with Gasteiger partial charge in [0.2, 0.25) is 0 Å². The van der Waals surface area contributed by atoms with Crippen LogP contribution in [0.4, 0.5) is 0 Å². The zero-order chi connectivity index (χ0) is 15.8. The summed E-state index contributed by atoms with van der Waals surface area (Å²) in [5.74, 6) is 0.608. The van der Waals surface area contributed by atoms with Crippen LogP contribution < -0.4 is 0 Å². The van der Waals surface area contributed by atoms with Gasteiger partial charge in [-0.25, -0.2) is 4.98 Å². The van der Waals surface area contributed by atoms with Crippen molar-refractivity contribution in [2.24, 2.45) is 13.0 Å². The Hall–Kier alpha value is -2.18. The van der Waals surface area contributed by atoms with Gasteiger partial charge in [-0.1, -0.05) is 6.07 Å². The van der Waals surface area contributed by atoms with Crippen molar-refractivity contribution in [1.29, 1.82) is 0 Å². The number of hydrogen-bond acceptors (Lipinski definition) is 4. The summed E-state index contributed by atoms with van der Waals surface area (Å²) in [6.45, 7) is 2.93. The monoisotopic (exact) mass is 311 g/mol. The van der Waals surface area contributed by atoms with E-state index in [0.29, 0.717) is 5.92 Å². The SMILES string of the molecule is Cn1cc([C@@H]2CN(Cc3cccc4nccn34)C[C@H]2CO)cn1. The number of likely N-dealkylation sites (tertiary alicyclic amines) is 1. The number of fused-ring (bicyclic) bond motifs is 1. The molecule has 0 aliphatic carbocycles. The van der Waals surface area contributed by atoms with Gasteiger partial charge in [0.1, 0.15) is 5.65 Å². The fourth-order valence-electron chi connectivity index (χ4n) is 3.65. The molecule has 23 heavy (non-hydrogen) atoms. The number of aromatic nitrogens is 4. The molecule has 120 valence electrons. The van der Waals surface area contributed by atoms with Crippen molar-refractivity contribution in [3.63, 3.8) is 0 Å². The smallest absolute Gasteiger partial charge is 0.136 e. The lowest BCUT2D eigenvalue weighted by Crippen LogP contribution is -2.22. The summed E-state index contributed by atoms with van der Waals surface area (Å²) in [4.78, 5) is 6.75. The van der Waals surface area contributed by atoms with Crippen LogP contribution in [0.15, 0.2) is 43.0 Å². The maximum atomic E-state index is 9.76. The second-order valence-corrected chi connectivity index (χ2v) is 6.36. The van der Waals surface area contributed by atoms with Gasteiger partial charge in [0.05, 0.1) is 6.20 Å². The van der Waals surface area contributed by atoms with E-state index in [4.69, 9.17) is 0 Å². The third kappa shape index (κ3) is 2.64. The van der Waals surface area contributed by atoms with E-state index in [9.17, 15) is 5.11 Å². The van der Waals surface area contributed by atoms with Crippen LogP contribution in [0.2, 0.25) is 0 Å². The first-order valence-corrected chi connectivity index (χ1v) is 7.97. The molecule has 3 aromatic heterocycles. The standard InChI is InChI=1S/C17H21N5O/c1-20-8-13(7-19-20)16-11-21(9-14(16)12-23)10-15-3-2-4-17-18-5-6-22(15)17/h2-8,14,16,23H,9-12H2,1H3/t14-,16-/m0/s1. The predicted molar refractivity (Wildman–Crippen MR) is 87.0 cm³/mol. The molecule has 6 nitrogen and oxygen atoms in total. The number of aliphatic hydroxyl groups excluding tert-OH is 1. The minimum atomic E-state index is 0.214. The van der Waals surface area contributed by atoms with Gasteiger partial charge in [0, 0.05) is 69.4 Å². The number of rotatable bonds is 4. The lowest BCUT2D eigenvalue weighted by Gasteiger charge is -2.16. The molecule has 1 N–H and O–H groups in total. The fraction of sp³-hybridized carbons (Fsp3) is 0.412. The Labute approximate surface area is 135 Å². The zero-order valence-electron chi connectivity index (χ0n) is 13.2. The number of imidazole rings is 1. The summed E-state index contributed by atoms with van der Waals surface area (Å²) < 4.78 is 3.96. The summed E-state index contributed by atoms with van der Waals surface area (Å²) in [5.41, 5.74) is 3.42. The highest BCUT2D eigenvalue weighted by Crippen LogP contribution is 2.32. The molecule has 0 radical (unpaired) electrons. The minimum absolute atomic E-state index is 0.214. The van der Waals surface area contributed by atoms with Crippen LogP contribution in [-0.4, -0.2) is 48.9 Å². The number of pyridine rings is 1. The van der Waals surface area contributed by atoms with Crippen LogP contribution in [-0.2, 0) is 13.6 Å². The molecule has 4 heterocycles. The molecule has 1 fully saturated rings. The quantitative estimate of drug-likeness (QED) is 0.788. The predicted octanol–water partition coefficient (Wildman–Crippen LogP) is 1.28. The van der Waals surface area contributed by atoms with E-state index >= 15 is 0 Å². The highest BCUT2D eigenvalue weighted by atomic mass is 16.3. The first kappa shape index (κ1) is 14.4. The molecular weight excluding hydrogens is 290 g/mol. The Morgan fingerprint density at radius 2 is 2.22 bits per heavy atom. The Morgan fingerprint density at radius 1 is 1.30 bits per heavy atom. The molecule has 6 heteroatoms. The first-order valence-electron chi connectivity index (χ1n) is 7.97. The van der Waals surface area contributed by atoms with Crippen LogP contribution in [0, 0.1) is 5.92 Å². The van der Waals surface area contributed by atoms with Crippen molar-refractivity contribution in [1.82, 2.24) is 24.1 Å². The van der Waals surface area contributed by atoms with Gasteiger partial charge < -0.3 is 9.51 Å². The van der Waals surface area contributed by atoms with E-state index in [1.54, 1.807) is 0 Å². The highest BCUT2D eigenvalue weighted by molar-refractivity contribution is 5.39. The largest absolute Gasteiger partial charge is 0.396 e. The van der Waals surface area contributed by atoms with Gasteiger partial charge >= 0.3 is 0 Å². The molecule has 0 bridgehead atoms. The third-order valence-corrected chi connectivity index (χ3v) is 4.80. The van der Waals surface area contributed by atoms with Gasteiger partial charge in [-0.05, 0) is 17.7 Å². The van der Waals surface area contributed by atoms with Crippen LogP contribution >= 0.6 is 0 Å². The second-order valence-electron chi connectivity index (χ2n) is 6.36. The van der Waals surface area contributed by atoms with Crippen molar-refractivity contribution in [2.45, 2.75) is 12.5 Å². The van der Waals surface area contributed by atoms with Crippen molar-refractivity contribution >= 4 is 5.65 Å². The molecule has 0 amide bonds. The molecule has 1 aliphatic heterocycles. The maximum Gasteiger partial charge on any atom is 0.136 e. The molecule has 2 atom stereocenters. The molecule has 4 rings (SSSR count). The van der Waals surface area contributed by atoms with Crippen molar-refractivity contribution in [3.8, 4) is 0 Å². The Balaban J connectivity index is 1.55. The number of aryl methyl sites for hydroxylation is 1. The molecule has 0 saturated carbocycles. The van der Waals surface area contributed by atoms with Crippen LogP contribution in [0.3, 0.4) is 0 Å². The minimum Gasteiger partial charge on any atom is -0.396 e. The lowest BCUT2D eigenvalue weighted by molar-refractivity contribution is 0.213.